The Labute approximate surface area is 129 Å². The molecule has 0 fully saturated rings. The first-order chi connectivity index (χ1) is 10.6. The molecule has 0 radical (unpaired) electrons. The van der Waals surface area contributed by atoms with Crippen molar-refractivity contribution in [3.8, 4) is 11.5 Å². The normalized spacial score (nSPS) is 10.1. The Morgan fingerprint density at radius 3 is 2.73 bits per heavy atom. The third kappa shape index (κ3) is 4.15. The van der Waals surface area contributed by atoms with Crippen molar-refractivity contribution in [3.05, 3.63) is 53.6 Å². The molecule has 0 aliphatic heterocycles. The number of amides is 2. The summed E-state index contributed by atoms with van der Waals surface area (Å²) in [5.41, 5.74) is 2.53. The zero-order valence-corrected chi connectivity index (χ0v) is 12.7. The van der Waals surface area contributed by atoms with Crippen molar-refractivity contribution in [2.75, 3.05) is 19.0 Å². The van der Waals surface area contributed by atoms with E-state index in [-0.39, 0.29) is 11.8 Å². The topological polar surface area (TPSA) is 70.6 Å². The van der Waals surface area contributed by atoms with Crippen LogP contribution < -0.4 is 15.4 Å². The van der Waals surface area contributed by atoms with Crippen LogP contribution in [0.2, 0.25) is 0 Å². The lowest BCUT2D eigenvalue weighted by Crippen LogP contribution is -2.30. The molecule has 22 heavy (non-hydrogen) atoms. The lowest BCUT2D eigenvalue weighted by Gasteiger charge is -2.11. The van der Waals surface area contributed by atoms with E-state index in [1.54, 1.807) is 19.2 Å². The second-order valence-electron chi connectivity index (χ2n) is 4.94. The van der Waals surface area contributed by atoms with E-state index in [1.165, 1.54) is 6.07 Å². The fourth-order valence-corrected chi connectivity index (χ4v) is 2.17. The molecule has 2 rings (SSSR count). The fourth-order valence-electron chi connectivity index (χ4n) is 2.17. The first-order valence-corrected chi connectivity index (χ1v) is 7.06. The molecule has 0 aliphatic carbocycles. The molecule has 2 amide bonds. The maximum absolute atomic E-state index is 11.9. The van der Waals surface area contributed by atoms with Gasteiger partial charge in [-0.25, -0.2) is 4.79 Å². The Bertz CT molecular complexity index is 656. The number of benzene rings is 2. The first kappa shape index (κ1) is 15.7. The number of hydrogen-bond acceptors (Lipinski definition) is 3. The van der Waals surface area contributed by atoms with E-state index >= 15 is 0 Å². The van der Waals surface area contributed by atoms with Gasteiger partial charge in [-0.05, 0) is 48.7 Å². The van der Waals surface area contributed by atoms with Crippen LogP contribution in [0.15, 0.2) is 42.5 Å². The lowest BCUT2D eigenvalue weighted by atomic mass is 10.1. The number of urea groups is 1. The van der Waals surface area contributed by atoms with Gasteiger partial charge in [0.25, 0.3) is 0 Å². The number of carbonyl (C=O) groups is 1. The molecule has 0 saturated carbocycles. The van der Waals surface area contributed by atoms with E-state index in [2.05, 4.69) is 10.6 Å². The van der Waals surface area contributed by atoms with E-state index in [0.717, 1.165) is 16.9 Å². The smallest absolute Gasteiger partial charge is 0.319 e. The van der Waals surface area contributed by atoms with Gasteiger partial charge >= 0.3 is 6.03 Å². The Balaban J connectivity index is 1.85. The summed E-state index contributed by atoms with van der Waals surface area (Å²) in [6, 6.07) is 12.3. The summed E-state index contributed by atoms with van der Waals surface area (Å²) >= 11 is 0. The van der Waals surface area contributed by atoms with Crippen LogP contribution in [-0.4, -0.2) is 24.8 Å². The van der Waals surface area contributed by atoms with Crippen LogP contribution in [0, 0.1) is 6.92 Å². The van der Waals surface area contributed by atoms with Crippen molar-refractivity contribution in [1.29, 1.82) is 0 Å². The second-order valence-corrected chi connectivity index (χ2v) is 4.94. The van der Waals surface area contributed by atoms with Crippen LogP contribution in [0.1, 0.15) is 11.1 Å². The number of phenols is 1. The van der Waals surface area contributed by atoms with E-state index in [0.29, 0.717) is 18.7 Å². The van der Waals surface area contributed by atoms with Crippen LogP contribution >= 0.6 is 0 Å². The van der Waals surface area contributed by atoms with Gasteiger partial charge < -0.3 is 20.5 Å². The molecule has 0 saturated heterocycles. The maximum Gasteiger partial charge on any atom is 0.319 e. The molecular formula is C17H20N2O3. The summed E-state index contributed by atoms with van der Waals surface area (Å²) < 4.78 is 5.27. The first-order valence-electron chi connectivity index (χ1n) is 7.06. The summed E-state index contributed by atoms with van der Waals surface area (Å²) in [6.45, 7) is 2.33. The summed E-state index contributed by atoms with van der Waals surface area (Å²) in [7, 11) is 1.63. The molecule has 0 aromatic heterocycles. The molecule has 0 unspecified atom stereocenters. The number of aryl methyl sites for hydroxylation is 1. The summed E-state index contributed by atoms with van der Waals surface area (Å²) in [5.74, 6) is 0.999. The largest absolute Gasteiger partial charge is 0.508 e. The Hall–Kier alpha value is -2.69. The van der Waals surface area contributed by atoms with E-state index in [1.807, 2.05) is 31.2 Å². The Morgan fingerprint density at radius 2 is 2.00 bits per heavy atom. The number of anilines is 1. The molecule has 0 heterocycles. The molecular weight excluding hydrogens is 280 g/mol. The number of hydrogen-bond donors (Lipinski definition) is 3. The molecule has 5 heteroatoms. The van der Waals surface area contributed by atoms with Gasteiger partial charge in [-0.15, -0.1) is 0 Å². The molecule has 0 atom stereocenters. The Kier molecular flexibility index (Phi) is 5.25. The molecule has 2 aromatic carbocycles. The van der Waals surface area contributed by atoms with Crippen molar-refractivity contribution >= 4 is 11.7 Å². The average molecular weight is 300 g/mol. The monoisotopic (exact) mass is 300 g/mol. The highest BCUT2D eigenvalue weighted by atomic mass is 16.5. The summed E-state index contributed by atoms with van der Waals surface area (Å²) in [4.78, 5) is 11.9. The number of carbonyl (C=O) groups excluding carboxylic acids is 1. The zero-order chi connectivity index (χ0) is 15.9. The number of rotatable bonds is 5. The highest BCUT2D eigenvalue weighted by Gasteiger charge is 2.06. The number of nitrogens with one attached hydrogen (secondary N) is 2. The number of para-hydroxylation sites is 1. The summed E-state index contributed by atoms with van der Waals surface area (Å²) in [5, 5.41) is 14.9. The number of ether oxygens (including phenoxy) is 1. The van der Waals surface area contributed by atoms with Crippen LogP contribution in [0.4, 0.5) is 10.5 Å². The predicted molar refractivity (Wildman–Crippen MR) is 86.6 cm³/mol. The van der Waals surface area contributed by atoms with Gasteiger partial charge in [-0.2, -0.15) is 0 Å². The summed E-state index contributed by atoms with van der Waals surface area (Å²) in [6.07, 6.45) is 0.687. The van der Waals surface area contributed by atoms with Crippen molar-refractivity contribution in [2.24, 2.45) is 0 Å². The second kappa shape index (κ2) is 7.36. The average Bonchev–Trinajstić information content (AvgIpc) is 2.50. The van der Waals surface area contributed by atoms with Crippen LogP contribution in [0.3, 0.4) is 0 Å². The molecule has 0 spiro atoms. The lowest BCUT2D eigenvalue weighted by molar-refractivity contribution is 0.252. The number of methoxy groups -OCH3 is 1. The standard InChI is InChI=1S/C17H20N2O3/c1-12-11-14(20)7-8-15(12)19-17(21)18-10-9-13-5-3-4-6-16(13)22-2/h3-8,11,20H,9-10H2,1-2H3,(H2,18,19,21). The molecule has 116 valence electrons. The van der Waals surface area contributed by atoms with Crippen molar-refractivity contribution in [2.45, 2.75) is 13.3 Å². The van der Waals surface area contributed by atoms with Gasteiger partial charge in [-0.3, -0.25) is 0 Å². The van der Waals surface area contributed by atoms with E-state index < -0.39 is 0 Å². The molecule has 5 nitrogen and oxygen atoms in total. The van der Waals surface area contributed by atoms with Crippen molar-refractivity contribution in [3.63, 3.8) is 0 Å². The minimum Gasteiger partial charge on any atom is -0.508 e. The number of phenolic OH excluding ortho intramolecular Hbond substituents is 1. The molecule has 0 aliphatic rings. The minimum atomic E-state index is -0.274. The Morgan fingerprint density at radius 1 is 1.23 bits per heavy atom. The van der Waals surface area contributed by atoms with Gasteiger partial charge in [0.15, 0.2) is 0 Å². The third-order valence-electron chi connectivity index (χ3n) is 3.33. The zero-order valence-electron chi connectivity index (χ0n) is 12.7. The maximum atomic E-state index is 11.9. The molecule has 0 bridgehead atoms. The van der Waals surface area contributed by atoms with Gasteiger partial charge in [0.2, 0.25) is 0 Å². The van der Waals surface area contributed by atoms with Crippen LogP contribution in [-0.2, 0) is 6.42 Å². The van der Waals surface area contributed by atoms with Crippen LogP contribution in [0.25, 0.3) is 0 Å². The SMILES string of the molecule is COc1ccccc1CCNC(=O)Nc1ccc(O)cc1C. The van der Waals surface area contributed by atoms with Gasteiger partial charge in [-0.1, -0.05) is 18.2 Å². The van der Waals surface area contributed by atoms with Crippen molar-refractivity contribution in [1.82, 2.24) is 5.32 Å². The van der Waals surface area contributed by atoms with E-state index in [9.17, 15) is 9.90 Å². The number of aromatic hydroxyl groups is 1. The van der Waals surface area contributed by atoms with E-state index in [4.69, 9.17) is 4.74 Å². The van der Waals surface area contributed by atoms with Crippen LogP contribution in [0.5, 0.6) is 11.5 Å². The predicted octanol–water partition coefficient (Wildman–Crippen LogP) is 3.07. The van der Waals surface area contributed by atoms with Gasteiger partial charge in [0.05, 0.1) is 7.11 Å². The third-order valence-corrected chi connectivity index (χ3v) is 3.33. The van der Waals surface area contributed by atoms with Crippen molar-refractivity contribution < 1.29 is 14.6 Å². The molecule has 3 N–H and O–H groups in total. The quantitative estimate of drug-likeness (QED) is 0.743. The highest BCUT2D eigenvalue weighted by molar-refractivity contribution is 5.90. The fraction of sp³-hybridized carbons (Fsp3) is 0.235. The van der Waals surface area contributed by atoms with Gasteiger partial charge in [0.1, 0.15) is 11.5 Å². The van der Waals surface area contributed by atoms with Gasteiger partial charge in [0, 0.05) is 12.2 Å². The molecule has 2 aromatic rings. The highest BCUT2D eigenvalue weighted by Crippen LogP contribution is 2.20. The minimum absolute atomic E-state index is 0.180.